The minimum Gasteiger partial charge on any atom is -0.506 e. The summed E-state index contributed by atoms with van der Waals surface area (Å²) in [5, 5.41) is 10.1. The number of aromatic hydroxyl groups is 1. The Hall–Kier alpha value is -2.02. The molecule has 0 bridgehead atoms. The molecule has 0 aliphatic heterocycles. The number of nitrogens with zero attached hydrogens (tertiary/aromatic N) is 2. The first kappa shape index (κ1) is 16.8. The second-order valence-electron chi connectivity index (χ2n) is 6.38. The fourth-order valence-corrected chi connectivity index (χ4v) is 4.03. The average Bonchev–Trinajstić information content (AvgIpc) is 2.97. The molecule has 130 valence electrons. The third-order valence-corrected chi connectivity index (χ3v) is 4.98. The zero-order valence-electron chi connectivity index (χ0n) is 14.0. The summed E-state index contributed by atoms with van der Waals surface area (Å²) in [7, 11) is -3.45. The number of fused-ring (bicyclic) bond motifs is 1. The molecule has 7 heteroatoms. The Balaban J connectivity index is 2.02. The highest BCUT2D eigenvalue weighted by Gasteiger charge is 2.27. The molecule has 0 fully saturated rings. The van der Waals surface area contributed by atoms with Crippen molar-refractivity contribution >= 4 is 15.7 Å². The predicted molar refractivity (Wildman–Crippen MR) is 93.9 cm³/mol. The van der Waals surface area contributed by atoms with E-state index in [1.54, 1.807) is 6.07 Å². The van der Waals surface area contributed by atoms with Crippen molar-refractivity contribution in [3.8, 4) is 5.75 Å². The van der Waals surface area contributed by atoms with Crippen LogP contribution in [0.1, 0.15) is 48.9 Å². The van der Waals surface area contributed by atoms with Gasteiger partial charge in [0.1, 0.15) is 5.75 Å². The maximum Gasteiger partial charge on any atom is 0.229 e. The van der Waals surface area contributed by atoms with E-state index in [4.69, 9.17) is 0 Å². The Bertz CT molecular complexity index is 843. The molecular weight excluding hydrogens is 326 g/mol. The Labute approximate surface area is 142 Å². The molecule has 24 heavy (non-hydrogen) atoms. The van der Waals surface area contributed by atoms with Gasteiger partial charge in [0.05, 0.1) is 24.0 Å². The normalized spacial score (nSPS) is 17.5. The van der Waals surface area contributed by atoms with Crippen molar-refractivity contribution in [1.82, 2.24) is 9.55 Å². The molecule has 1 unspecified atom stereocenters. The molecule has 0 amide bonds. The van der Waals surface area contributed by atoms with Crippen LogP contribution in [0.25, 0.3) is 0 Å². The number of aromatic nitrogens is 2. The van der Waals surface area contributed by atoms with Crippen LogP contribution in [0.4, 0.5) is 5.69 Å². The number of aryl methyl sites for hydroxylation is 1. The van der Waals surface area contributed by atoms with Gasteiger partial charge in [0, 0.05) is 18.7 Å². The number of hydrogen-bond acceptors (Lipinski definition) is 4. The van der Waals surface area contributed by atoms with Gasteiger partial charge in [-0.15, -0.1) is 0 Å². The van der Waals surface area contributed by atoms with Crippen LogP contribution in [0.15, 0.2) is 24.7 Å². The topological polar surface area (TPSA) is 84.2 Å². The van der Waals surface area contributed by atoms with Gasteiger partial charge in [-0.05, 0) is 42.9 Å². The Morgan fingerprint density at radius 2 is 2.21 bits per heavy atom. The Morgan fingerprint density at radius 3 is 2.92 bits per heavy atom. The van der Waals surface area contributed by atoms with E-state index in [1.807, 2.05) is 12.4 Å². The second-order valence-corrected chi connectivity index (χ2v) is 8.13. The number of phenolic OH excluding ortho intramolecular Hbond substituents is 1. The number of sulfonamides is 1. The molecule has 1 aromatic carbocycles. The molecule has 3 rings (SSSR count). The van der Waals surface area contributed by atoms with Crippen molar-refractivity contribution < 1.29 is 13.5 Å². The standard InChI is InChI=1S/C17H23N3O3S/c1-3-9-20-10-15(18-11-20)13-5-4-6-14-12(13)7-8-16(21)17(14)19-24(2,22)23/h7-8,10-11,13,19,21H,3-6,9H2,1-2H3. The van der Waals surface area contributed by atoms with Crippen molar-refractivity contribution in [3.63, 3.8) is 0 Å². The minimum absolute atomic E-state index is 0.0312. The molecule has 0 saturated heterocycles. The van der Waals surface area contributed by atoms with Crippen LogP contribution in [0.3, 0.4) is 0 Å². The van der Waals surface area contributed by atoms with E-state index in [-0.39, 0.29) is 11.7 Å². The smallest absolute Gasteiger partial charge is 0.229 e. The average molecular weight is 349 g/mol. The SMILES string of the molecule is CCCn1cnc(C2CCCc3c2ccc(O)c3NS(C)(=O)=O)c1. The summed E-state index contributed by atoms with van der Waals surface area (Å²) in [5.41, 5.74) is 3.24. The first-order valence-electron chi connectivity index (χ1n) is 8.23. The van der Waals surface area contributed by atoms with Crippen LogP contribution in [-0.4, -0.2) is 29.3 Å². The Morgan fingerprint density at radius 1 is 1.42 bits per heavy atom. The number of phenols is 1. The van der Waals surface area contributed by atoms with E-state index in [0.717, 1.165) is 55.3 Å². The third kappa shape index (κ3) is 3.40. The van der Waals surface area contributed by atoms with Crippen molar-refractivity contribution in [2.45, 2.75) is 45.1 Å². The lowest BCUT2D eigenvalue weighted by Crippen LogP contribution is -2.17. The summed E-state index contributed by atoms with van der Waals surface area (Å²) < 4.78 is 27.8. The molecule has 6 nitrogen and oxygen atoms in total. The fourth-order valence-electron chi connectivity index (χ4n) is 3.43. The zero-order chi connectivity index (χ0) is 17.3. The second kappa shape index (κ2) is 6.47. The molecule has 1 atom stereocenters. The summed E-state index contributed by atoms with van der Waals surface area (Å²) in [6.07, 6.45) is 8.71. The molecule has 1 aromatic heterocycles. The zero-order valence-corrected chi connectivity index (χ0v) is 14.8. The van der Waals surface area contributed by atoms with Gasteiger partial charge in [0.15, 0.2) is 0 Å². The summed E-state index contributed by atoms with van der Waals surface area (Å²) in [4.78, 5) is 4.55. The molecule has 0 radical (unpaired) electrons. The molecule has 2 aromatic rings. The number of anilines is 1. The van der Waals surface area contributed by atoms with Crippen molar-refractivity contribution in [2.24, 2.45) is 0 Å². The van der Waals surface area contributed by atoms with Gasteiger partial charge in [0.2, 0.25) is 10.0 Å². The highest BCUT2D eigenvalue weighted by Crippen LogP contribution is 2.42. The maximum atomic E-state index is 11.6. The van der Waals surface area contributed by atoms with Gasteiger partial charge in [-0.2, -0.15) is 0 Å². The first-order chi connectivity index (χ1) is 11.4. The van der Waals surface area contributed by atoms with Gasteiger partial charge in [0.25, 0.3) is 0 Å². The molecular formula is C17H23N3O3S. The van der Waals surface area contributed by atoms with E-state index in [1.165, 1.54) is 0 Å². The van der Waals surface area contributed by atoms with Crippen LogP contribution >= 0.6 is 0 Å². The highest BCUT2D eigenvalue weighted by atomic mass is 32.2. The first-order valence-corrected chi connectivity index (χ1v) is 10.1. The molecule has 2 N–H and O–H groups in total. The van der Waals surface area contributed by atoms with Crippen LogP contribution in [0.2, 0.25) is 0 Å². The number of imidazole rings is 1. The summed E-state index contributed by atoms with van der Waals surface area (Å²) in [6.45, 7) is 3.06. The van der Waals surface area contributed by atoms with Gasteiger partial charge in [-0.3, -0.25) is 4.72 Å². The lowest BCUT2D eigenvalue weighted by Gasteiger charge is -2.27. The third-order valence-electron chi connectivity index (χ3n) is 4.40. The largest absolute Gasteiger partial charge is 0.506 e. The van der Waals surface area contributed by atoms with Crippen molar-refractivity contribution in [3.05, 3.63) is 41.5 Å². The predicted octanol–water partition coefficient (Wildman–Crippen LogP) is 2.84. The molecule has 1 heterocycles. The van der Waals surface area contributed by atoms with Crippen LogP contribution in [-0.2, 0) is 23.0 Å². The van der Waals surface area contributed by atoms with Gasteiger partial charge in [-0.1, -0.05) is 13.0 Å². The lowest BCUT2D eigenvalue weighted by atomic mass is 9.80. The van der Waals surface area contributed by atoms with E-state index in [2.05, 4.69) is 27.4 Å². The van der Waals surface area contributed by atoms with E-state index in [9.17, 15) is 13.5 Å². The number of benzene rings is 1. The Kier molecular flexibility index (Phi) is 4.54. The van der Waals surface area contributed by atoms with Crippen molar-refractivity contribution in [2.75, 3.05) is 11.0 Å². The summed E-state index contributed by atoms with van der Waals surface area (Å²) in [6, 6.07) is 3.45. The molecule has 1 aliphatic rings. The van der Waals surface area contributed by atoms with Gasteiger partial charge < -0.3 is 9.67 Å². The van der Waals surface area contributed by atoms with Crippen LogP contribution in [0.5, 0.6) is 5.75 Å². The van der Waals surface area contributed by atoms with E-state index < -0.39 is 10.0 Å². The molecule has 0 saturated carbocycles. The van der Waals surface area contributed by atoms with Gasteiger partial charge in [-0.25, -0.2) is 13.4 Å². The number of rotatable bonds is 5. The van der Waals surface area contributed by atoms with Crippen LogP contribution < -0.4 is 4.72 Å². The van der Waals surface area contributed by atoms with E-state index in [0.29, 0.717) is 5.69 Å². The molecule has 0 spiro atoms. The quantitative estimate of drug-likeness (QED) is 0.813. The minimum atomic E-state index is -3.45. The fraction of sp³-hybridized carbons (Fsp3) is 0.471. The number of hydrogen-bond donors (Lipinski definition) is 2. The molecule has 1 aliphatic carbocycles. The lowest BCUT2D eigenvalue weighted by molar-refractivity contribution is 0.475. The summed E-state index contributed by atoms with van der Waals surface area (Å²) in [5.74, 6) is 0.101. The maximum absolute atomic E-state index is 11.6. The monoisotopic (exact) mass is 349 g/mol. The van der Waals surface area contributed by atoms with Crippen molar-refractivity contribution in [1.29, 1.82) is 0 Å². The highest BCUT2D eigenvalue weighted by molar-refractivity contribution is 7.92. The number of nitrogens with one attached hydrogen (secondary N) is 1. The van der Waals surface area contributed by atoms with Crippen LogP contribution in [0, 0.1) is 0 Å². The van der Waals surface area contributed by atoms with Gasteiger partial charge >= 0.3 is 0 Å². The van der Waals surface area contributed by atoms with E-state index >= 15 is 0 Å². The summed E-state index contributed by atoms with van der Waals surface area (Å²) >= 11 is 0.